The Morgan fingerprint density at radius 3 is 2.53 bits per heavy atom. The van der Waals surface area contributed by atoms with Gasteiger partial charge in [0.15, 0.2) is 0 Å². The number of benzene rings is 1. The van der Waals surface area contributed by atoms with Crippen molar-refractivity contribution in [1.29, 1.82) is 0 Å². The van der Waals surface area contributed by atoms with Crippen molar-refractivity contribution in [2.75, 3.05) is 11.9 Å². The number of carbonyl (C=O) groups is 1. The zero-order valence-electron chi connectivity index (χ0n) is 11.0. The predicted octanol–water partition coefficient (Wildman–Crippen LogP) is 2.99. The molecule has 0 spiro atoms. The van der Waals surface area contributed by atoms with Gasteiger partial charge >= 0.3 is 0 Å². The number of carbonyl (C=O) groups excluding carboxylic acids is 1. The molecule has 1 rings (SSSR count). The minimum atomic E-state index is -0.419. The second kappa shape index (κ2) is 6.40. The molecule has 3 heteroatoms. The highest BCUT2D eigenvalue weighted by molar-refractivity contribution is 5.94. The number of ether oxygens (including phenoxy) is 1. The molecule has 0 unspecified atom stereocenters. The van der Waals surface area contributed by atoms with Crippen LogP contribution in [0.3, 0.4) is 0 Å². The van der Waals surface area contributed by atoms with E-state index in [0.717, 1.165) is 11.3 Å². The van der Waals surface area contributed by atoms with Crippen molar-refractivity contribution in [3.63, 3.8) is 0 Å². The lowest BCUT2D eigenvalue weighted by atomic mass is 10.2. The Labute approximate surface area is 103 Å². The van der Waals surface area contributed by atoms with E-state index in [1.807, 2.05) is 31.2 Å². The molecule has 94 valence electrons. The Bertz CT molecular complexity index is 374. The molecule has 1 atom stereocenters. The first-order valence-electron chi connectivity index (χ1n) is 5.98. The number of hydrogen-bond donors (Lipinski definition) is 1. The van der Waals surface area contributed by atoms with Gasteiger partial charge < -0.3 is 10.1 Å². The highest BCUT2D eigenvalue weighted by Gasteiger charge is 2.14. The average Bonchev–Trinajstić information content (AvgIpc) is 2.28. The highest BCUT2D eigenvalue weighted by atomic mass is 16.5. The molecule has 1 N–H and O–H groups in total. The lowest BCUT2D eigenvalue weighted by molar-refractivity contribution is -0.126. The van der Waals surface area contributed by atoms with Crippen LogP contribution in [0.15, 0.2) is 24.3 Å². The largest absolute Gasteiger partial charge is 0.368 e. The highest BCUT2D eigenvalue weighted by Crippen LogP contribution is 2.13. The number of para-hydroxylation sites is 1. The molecular weight excluding hydrogens is 214 g/mol. The van der Waals surface area contributed by atoms with Gasteiger partial charge in [-0.15, -0.1) is 0 Å². The van der Waals surface area contributed by atoms with Crippen LogP contribution in [0.25, 0.3) is 0 Å². The van der Waals surface area contributed by atoms with E-state index in [2.05, 4.69) is 19.2 Å². The first kappa shape index (κ1) is 13.7. The van der Waals surface area contributed by atoms with Crippen LogP contribution in [-0.4, -0.2) is 18.6 Å². The molecule has 0 heterocycles. The minimum Gasteiger partial charge on any atom is -0.368 e. The summed E-state index contributed by atoms with van der Waals surface area (Å²) in [5, 5.41) is 2.87. The first-order chi connectivity index (χ1) is 8.00. The van der Waals surface area contributed by atoms with E-state index in [1.54, 1.807) is 6.92 Å². The zero-order chi connectivity index (χ0) is 12.8. The number of aryl methyl sites for hydroxylation is 1. The molecule has 0 radical (unpaired) electrons. The van der Waals surface area contributed by atoms with Gasteiger partial charge in [0.2, 0.25) is 0 Å². The van der Waals surface area contributed by atoms with Crippen molar-refractivity contribution in [3.05, 3.63) is 29.8 Å². The van der Waals surface area contributed by atoms with Crippen molar-refractivity contribution >= 4 is 11.6 Å². The van der Waals surface area contributed by atoms with Gasteiger partial charge in [0.25, 0.3) is 5.91 Å². The molecule has 0 aromatic heterocycles. The number of hydrogen-bond acceptors (Lipinski definition) is 2. The van der Waals surface area contributed by atoms with Crippen LogP contribution in [0.1, 0.15) is 26.3 Å². The smallest absolute Gasteiger partial charge is 0.253 e. The lowest BCUT2D eigenvalue weighted by Crippen LogP contribution is -2.29. The van der Waals surface area contributed by atoms with E-state index < -0.39 is 6.10 Å². The fourth-order valence-corrected chi connectivity index (χ4v) is 1.36. The van der Waals surface area contributed by atoms with Gasteiger partial charge in [0.1, 0.15) is 6.10 Å². The van der Waals surface area contributed by atoms with Gasteiger partial charge in [-0.05, 0) is 31.4 Å². The fourth-order valence-electron chi connectivity index (χ4n) is 1.36. The molecule has 17 heavy (non-hydrogen) atoms. The third kappa shape index (κ3) is 4.57. The van der Waals surface area contributed by atoms with Gasteiger partial charge in [-0.3, -0.25) is 4.79 Å². The van der Waals surface area contributed by atoms with E-state index in [4.69, 9.17) is 4.74 Å². The molecule has 0 aliphatic carbocycles. The van der Waals surface area contributed by atoms with Crippen LogP contribution < -0.4 is 5.32 Å². The summed E-state index contributed by atoms with van der Waals surface area (Å²) in [4.78, 5) is 11.8. The number of anilines is 1. The van der Waals surface area contributed by atoms with Gasteiger partial charge in [-0.2, -0.15) is 0 Å². The van der Waals surface area contributed by atoms with Gasteiger partial charge in [-0.25, -0.2) is 0 Å². The summed E-state index contributed by atoms with van der Waals surface area (Å²) < 4.78 is 5.47. The maximum atomic E-state index is 11.8. The van der Waals surface area contributed by atoms with Crippen molar-refractivity contribution < 1.29 is 9.53 Å². The topological polar surface area (TPSA) is 38.3 Å². The van der Waals surface area contributed by atoms with Crippen molar-refractivity contribution in [3.8, 4) is 0 Å². The van der Waals surface area contributed by atoms with Crippen molar-refractivity contribution in [2.24, 2.45) is 5.92 Å². The summed E-state index contributed by atoms with van der Waals surface area (Å²) in [7, 11) is 0. The summed E-state index contributed by atoms with van der Waals surface area (Å²) >= 11 is 0. The second-order valence-electron chi connectivity index (χ2n) is 4.67. The SMILES string of the molecule is Cc1ccccc1NC(=O)[C@H](C)OCC(C)C. The molecule has 0 aliphatic heterocycles. The number of amides is 1. The van der Waals surface area contributed by atoms with E-state index in [9.17, 15) is 4.79 Å². The molecule has 1 aromatic rings. The molecule has 1 amide bonds. The maximum Gasteiger partial charge on any atom is 0.253 e. The normalized spacial score (nSPS) is 12.5. The van der Waals surface area contributed by atoms with E-state index in [1.165, 1.54) is 0 Å². The summed E-state index contributed by atoms with van der Waals surface area (Å²) in [5.74, 6) is 0.337. The maximum absolute atomic E-state index is 11.8. The average molecular weight is 235 g/mol. The lowest BCUT2D eigenvalue weighted by Gasteiger charge is -2.15. The van der Waals surface area contributed by atoms with Crippen LogP contribution in [0, 0.1) is 12.8 Å². The van der Waals surface area contributed by atoms with E-state index in [0.29, 0.717) is 12.5 Å². The Morgan fingerprint density at radius 1 is 1.29 bits per heavy atom. The zero-order valence-corrected chi connectivity index (χ0v) is 11.0. The van der Waals surface area contributed by atoms with Crippen LogP contribution in [0.2, 0.25) is 0 Å². The molecule has 0 saturated carbocycles. The second-order valence-corrected chi connectivity index (χ2v) is 4.67. The Hall–Kier alpha value is -1.35. The summed E-state index contributed by atoms with van der Waals surface area (Å²) in [6, 6.07) is 7.71. The predicted molar refractivity (Wildman–Crippen MR) is 70.1 cm³/mol. The third-order valence-corrected chi connectivity index (χ3v) is 2.45. The van der Waals surface area contributed by atoms with Gasteiger partial charge in [0.05, 0.1) is 0 Å². The Kier molecular flexibility index (Phi) is 5.16. The Morgan fingerprint density at radius 2 is 1.94 bits per heavy atom. The molecule has 0 fully saturated rings. The van der Waals surface area contributed by atoms with Crippen molar-refractivity contribution in [2.45, 2.75) is 33.8 Å². The number of nitrogens with one attached hydrogen (secondary N) is 1. The van der Waals surface area contributed by atoms with Gasteiger partial charge in [-0.1, -0.05) is 32.0 Å². The third-order valence-electron chi connectivity index (χ3n) is 2.45. The standard InChI is InChI=1S/C14H21NO2/c1-10(2)9-17-12(4)14(16)15-13-8-6-5-7-11(13)3/h5-8,10,12H,9H2,1-4H3,(H,15,16)/t12-/m0/s1. The van der Waals surface area contributed by atoms with Crippen molar-refractivity contribution in [1.82, 2.24) is 0 Å². The molecule has 0 bridgehead atoms. The summed E-state index contributed by atoms with van der Waals surface area (Å²) in [6.07, 6.45) is -0.419. The van der Waals surface area contributed by atoms with Crippen LogP contribution in [-0.2, 0) is 9.53 Å². The van der Waals surface area contributed by atoms with Crippen LogP contribution in [0.5, 0.6) is 0 Å². The van der Waals surface area contributed by atoms with Gasteiger partial charge in [0, 0.05) is 12.3 Å². The Balaban J connectivity index is 2.52. The van der Waals surface area contributed by atoms with E-state index >= 15 is 0 Å². The fraction of sp³-hybridized carbons (Fsp3) is 0.500. The van der Waals surface area contributed by atoms with E-state index in [-0.39, 0.29) is 5.91 Å². The monoisotopic (exact) mass is 235 g/mol. The first-order valence-corrected chi connectivity index (χ1v) is 5.98. The molecule has 3 nitrogen and oxygen atoms in total. The summed E-state index contributed by atoms with van der Waals surface area (Å²) in [5.41, 5.74) is 1.90. The number of rotatable bonds is 5. The molecule has 1 aromatic carbocycles. The van der Waals surface area contributed by atoms with Crippen LogP contribution in [0.4, 0.5) is 5.69 Å². The molecule has 0 saturated heterocycles. The minimum absolute atomic E-state index is 0.0973. The quantitative estimate of drug-likeness (QED) is 0.852. The molecule has 0 aliphatic rings. The summed E-state index contributed by atoms with van der Waals surface area (Å²) in [6.45, 7) is 8.46. The molecular formula is C14H21NO2. The van der Waals surface area contributed by atoms with Crippen LogP contribution >= 0.6 is 0 Å².